The average Bonchev–Trinajstić information content (AvgIpc) is 2.34. The molecule has 4 nitrogen and oxygen atoms in total. The van der Waals surface area contributed by atoms with Gasteiger partial charge >= 0.3 is 0 Å². The molecular weight excluding hydrogens is 212 g/mol. The van der Waals surface area contributed by atoms with E-state index >= 15 is 0 Å². The van der Waals surface area contributed by atoms with Crippen LogP contribution >= 0.6 is 0 Å². The van der Waals surface area contributed by atoms with Gasteiger partial charge < -0.3 is 10.6 Å². The topological polar surface area (TPSA) is 55.0 Å². The molecule has 1 rings (SSSR count). The van der Waals surface area contributed by atoms with Gasteiger partial charge in [-0.2, -0.15) is 5.10 Å². The maximum atomic E-state index is 5.85. The molecule has 0 aromatic carbocycles. The van der Waals surface area contributed by atoms with Crippen LogP contribution in [0.3, 0.4) is 0 Å². The largest absolute Gasteiger partial charge is 0.355 e. The molecule has 0 saturated carbocycles. The fourth-order valence-electron chi connectivity index (χ4n) is 1.91. The summed E-state index contributed by atoms with van der Waals surface area (Å²) in [7, 11) is 0. The van der Waals surface area contributed by atoms with Gasteiger partial charge in [0.2, 0.25) is 0 Å². The smallest absolute Gasteiger partial charge is 0.156 e. The number of aryl methyl sites for hydroxylation is 1. The van der Waals surface area contributed by atoms with Crippen molar-refractivity contribution in [3.05, 3.63) is 16.8 Å². The first-order valence-corrected chi connectivity index (χ1v) is 6.43. The van der Waals surface area contributed by atoms with E-state index in [9.17, 15) is 0 Å². The van der Waals surface area contributed by atoms with Crippen molar-refractivity contribution in [2.45, 2.75) is 47.1 Å². The summed E-state index contributed by atoms with van der Waals surface area (Å²) in [5.41, 5.74) is 9.13. The Kier molecular flexibility index (Phi) is 5.35. The quantitative estimate of drug-likeness (QED) is 0.822. The van der Waals surface area contributed by atoms with Gasteiger partial charge in [0.25, 0.3) is 0 Å². The zero-order valence-electron chi connectivity index (χ0n) is 11.5. The second-order valence-electron chi connectivity index (χ2n) is 4.35. The van der Waals surface area contributed by atoms with Gasteiger partial charge in [-0.25, -0.2) is 0 Å². The standard InChI is InChI=1S/C13H24N4/c1-5-7-8-17(6-2)13-12(9-14)10(3)11(4)15-16-13/h5-9,14H2,1-4H3. The summed E-state index contributed by atoms with van der Waals surface area (Å²) in [4.78, 5) is 2.27. The molecule has 4 heteroatoms. The fourth-order valence-corrected chi connectivity index (χ4v) is 1.91. The zero-order valence-corrected chi connectivity index (χ0v) is 11.5. The summed E-state index contributed by atoms with van der Waals surface area (Å²) in [5.74, 6) is 0.964. The minimum Gasteiger partial charge on any atom is -0.355 e. The van der Waals surface area contributed by atoms with Crippen molar-refractivity contribution in [2.24, 2.45) is 5.73 Å². The molecule has 2 N–H and O–H groups in total. The number of hydrogen-bond donors (Lipinski definition) is 1. The molecule has 0 spiro atoms. The first-order chi connectivity index (χ1) is 8.15. The van der Waals surface area contributed by atoms with E-state index in [1.807, 2.05) is 6.92 Å². The predicted octanol–water partition coefficient (Wildman–Crippen LogP) is 2.18. The maximum Gasteiger partial charge on any atom is 0.156 e. The number of nitrogens with zero attached hydrogens (tertiary/aromatic N) is 3. The number of nitrogens with two attached hydrogens (primary N) is 1. The van der Waals surface area contributed by atoms with Crippen LogP contribution in [0, 0.1) is 13.8 Å². The van der Waals surface area contributed by atoms with Gasteiger partial charge in [-0.3, -0.25) is 0 Å². The van der Waals surface area contributed by atoms with Crippen LogP contribution in [0.4, 0.5) is 5.82 Å². The van der Waals surface area contributed by atoms with Crippen LogP contribution in [0.5, 0.6) is 0 Å². The Morgan fingerprint density at radius 1 is 1.18 bits per heavy atom. The van der Waals surface area contributed by atoms with E-state index in [4.69, 9.17) is 5.73 Å². The van der Waals surface area contributed by atoms with E-state index in [1.54, 1.807) is 0 Å². The Hall–Kier alpha value is -1.16. The fraction of sp³-hybridized carbons (Fsp3) is 0.692. The molecule has 1 aromatic rings. The van der Waals surface area contributed by atoms with Crippen molar-refractivity contribution in [3.8, 4) is 0 Å². The summed E-state index contributed by atoms with van der Waals surface area (Å²) in [5, 5.41) is 8.55. The summed E-state index contributed by atoms with van der Waals surface area (Å²) in [6, 6.07) is 0. The summed E-state index contributed by atoms with van der Waals surface area (Å²) >= 11 is 0. The predicted molar refractivity (Wildman–Crippen MR) is 72.2 cm³/mol. The van der Waals surface area contributed by atoms with Crippen LogP contribution in [-0.4, -0.2) is 23.3 Å². The first kappa shape index (κ1) is 13.9. The van der Waals surface area contributed by atoms with Gasteiger partial charge in [-0.15, -0.1) is 5.10 Å². The van der Waals surface area contributed by atoms with Crippen LogP contribution in [0.15, 0.2) is 0 Å². The zero-order chi connectivity index (χ0) is 12.8. The van der Waals surface area contributed by atoms with E-state index in [0.717, 1.165) is 30.2 Å². The lowest BCUT2D eigenvalue weighted by Crippen LogP contribution is -2.27. The van der Waals surface area contributed by atoms with Crippen LogP contribution in [0.2, 0.25) is 0 Å². The van der Waals surface area contributed by atoms with Crippen molar-refractivity contribution in [2.75, 3.05) is 18.0 Å². The third kappa shape index (κ3) is 3.16. The van der Waals surface area contributed by atoms with E-state index in [2.05, 4.69) is 35.9 Å². The Morgan fingerprint density at radius 2 is 1.88 bits per heavy atom. The molecule has 0 aliphatic carbocycles. The van der Waals surface area contributed by atoms with Gasteiger partial charge in [-0.1, -0.05) is 13.3 Å². The molecule has 0 aliphatic heterocycles. The highest BCUT2D eigenvalue weighted by Gasteiger charge is 2.14. The van der Waals surface area contributed by atoms with Gasteiger partial charge in [-0.05, 0) is 32.8 Å². The molecule has 0 amide bonds. The summed E-state index contributed by atoms with van der Waals surface area (Å²) in [6.45, 7) is 10.9. The lowest BCUT2D eigenvalue weighted by atomic mass is 10.1. The molecule has 96 valence electrons. The molecule has 0 radical (unpaired) electrons. The molecule has 0 atom stereocenters. The molecule has 1 heterocycles. The summed E-state index contributed by atoms with van der Waals surface area (Å²) < 4.78 is 0. The SMILES string of the molecule is CCCCN(CC)c1nnc(C)c(C)c1CN. The van der Waals surface area contributed by atoms with Gasteiger partial charge in [0.05, 0.1) is 5.69 Å². The Balaban J connectivity index is 3.06. The van der Waals surface area contributed by atoms with E-state index in [-0.39, 0.29) is 0 Å². The van der Waals surface area contributed by atoms with Crippen molar-refractivity contribution in [3.63, 3.8) is 0 Å². The van der Waals surface area contributed by atoms with Crippen molar-refractivity contribution >= 4 is 5.82 Å². The molecule has 0 bridgehead atoms. The second kappa shape index (κ2) is 6.55. The van der Waals surface area contributed by atoms with Gasteiger partial charge in [0.1, 0.15) is 0 Å². The Morgan fingerprint density at radius 3 is 2.41 bits per heavy atom. The maximum absolute atomic E-state index is 5.85. The Bertz CT molecular complexity index is 363. The minimum atomic E-state index is 0.528. The van der Waals surface area contributed by atoms with Crippen LogP contribution in [0.1, 0.15) is 43.5 Å². The number of rotatable bonds is 6. The lowest BCUT2D eigenvalue weighted by Gasteiger charge is -2.24. The number of aromatic nitrogens is 2. The highest BCUT2D eigenvalue weighted by Crippen LogP contribution is 2.21. The van der Waals surface area contributed by atoms with Crippen molar-refractivity contribution in [1.29, 1.82) is 0 Å². The van der Waals surface area contributed by atoms with Gasteiger partial charge in [0, 0.05) is 25.2 Å². The van der Waals surface area contributed by atoms with Crippen molar-refractivity contribution in [1.82, 2.24) is 10.2 Å². The second-order valence-corrected chi connectivity index (χ2v) is 4.35. The lowest BCUT2D eigenvalue weighted by molar-refractivity contribution is 0.708. The normalized spacial score (nSPS) is 10.6. The molecule has 0 aliphatic rings. The third-order valence-electron chi connectivity index (χ3n) is 3.23. The number of hydrogen-bond acceptors (Lipinski definition) is 4. The number of anilines is 1. The van der Waals surface area contributed by atoms with Crippen LogP contribution < -0.4 is 10.6 Å². The monoisotopic (exact) mass is 236 g/mol. The molecule has 0 fully saturated rings. The first-order valence-electron chi connectivity index (χ1n) is 6.43. The van der Waals surface area contributed by atoms with Crippen LogP contribution in [-0.2, 0) is 6.54 Å². The number of unbranched alkanes of at least 4 members (excludes halogenated alkanes) is 1. The molecule has 0 saturated heterocycles. The van der Waals surface area contributed by atoms with Crippen LogP contribution in [0.25, 0.3) is 0 Å². The van der Waals surface area contributed by atoms with Gasteiger partial charge in [0.15, 0.2) is 5.82 Å². The van der Waals surface area contributed by atoms with E-state index < -0.39 is 0 Å². The van der Waals surface area contributed by atoms with E-state index in [0.29, 0.717) is 6.54 Å². The Labute approximate surface area is 104 Å². The summed E-state index contributed by atoms with van der Waals surface area (Å²) in [6.07, 6.45) is 2.36. The third-order valence-corrected chi connectivity index (χ3v) is 3.23. The average molecular weight is 236 g/mol. The molecule has 1 aromatic heterocycles. The highest BCUT2D eigenvalue weighted by molar-refractivity contribution is 5.50. The molecule has 0 unspecified atom stereocenters. The molecule has 17 heavy (non-hydrogen) atoms. The minimum absolute atomic E-state index is 0.528. The highest BCUT2D eigenvalue weighted by atomic mass is 15.3. The molecular formula is C13H24N4. The van der Waals surface area contributed by atoms with E-state index in [1.165, 1.54) is 18.4 Å². The van der Waals surface area contributed by atoms with Crippen molar-refractivity contribution < 1.29 is 0 Å².